The number of hydrogen-bond acceptors (Lipinski definition) is 4. The highest BCUT2D eigenvalue weighted by molar-refractivity contribution is 5.79. The van der Waals surface area contributed by atoms with Crippen molar-refractivity contribution in [3.8, 4) is 0 Å². The number of hydrazine groups is 1. The van der Waals surface area contributed by atoms with Crippen LogP contribution in [0.3, 0.4) is 0 Å². The Labute approximate surface area is 133 Å². The number of aliphatic carboxylic acids is 1. The molecule has 1 amide bonds. The van der Waals surface area contributed by atoms with Crippen molar-refractivity contribution < 1.29 is 19.4 Å². The minimum absolute atomic E-state index is 0.159. The Balaban J connectivity index is 0.000000326. The molecule has 2 aromatic rings. The van der Waals surface area contributed by atoms with Crippen LogP contribution in [0.2, 0.25) is 0 Å². The molecule has 2 heterocycles. The summed E-state index contributed by atoms with van der Waals surface area (Å²) in [5.41, 5.74) is 3.27. The molecule has 0 saturated carbocycles. The van der Waals surface area contributed by atoms with E-state index in [1.165, 1.54) is 5.01 Å². The summed E-state index contributed by atoms with van der Waals surface area (Å²) in [6.07, 6.45) is 3.11. The Hall–Kier alpha value is -2.80. The largest absolute Gasteiger partial charge is 0.480 e. The monoisotopic (exact) mass is 317 g/mol. The Bertz CT molecular complexity index is 598. The van der Waals surface area contributed by atoms with Crippen molar-refractivity contribution in [2.24, 2.45) is 0 Å². The fraction of sp³-hybridized carbons (Fsp3) is 0.250. The third-order valence-corrected chi connectivity index (χ3v) is 3.29. The molecule has 1 aromatic carbocycles. The zero-order valence-corrected chi connectivity index (χ0v) is 12.7. The summed E-state index contributed by atoms with van der Waals surface area (Å²) in [5, 5.41) is 10.1. The lowest BCUT2D eigenvalue weighted by atomic mass is 10.2. The van der Waals surface area contributed by atoms with Crippen LogP contribution in [0.1, 0.15) is 12.5 Å². The van der Waals surface area contributed by atoms with Crippen LogP contribution >= 0.6 is 0 Å². The molecular formula is C16H19N3O4. The van der Waals surface area contributed by atoms with Gasteiger partial charge in [-0.1, -0.05) is 30.3 Å². The first-order valence-corrected chi connectivity index (χ1v) is 7.16. The van der Waals surface area contributed by atoms with Crippen LogP contribution in [0.5, 0.6) is 0 Å². The zero-order valence-electron chi connectivity index (χ0n) is 12.7. The highest BCUT2D eigenvalue weighted by Gasteiger charge is 2.51. The van der Waals surface area contributed by atoms with E-state index >= 15 is 0 Å². The molecule has 1 aliphatic rings. The van der Waals surface area contributed by atoms with E-state index in [4.69, 9.17) is 9.84 Å². The number of ether oxygens (including phenoxy) is 1. The average Bonchev–Trinajstić information content (AvgIpc) is 2.98. The predicted octanol–water partition coefficient (Wildman–Crippen LogP) is 2.00. The van der Waals surface area contributed by atoms with Crippen LogP contribution in [0.4, 0.5) is 4.79 Å². The highest BCUT2D eigenvalue weighted by Crippen LogP contribution is 2.24. The van der Waals surface area contributed by atoms with E-state index in [0.717, 1.165) is 5.56 Å². The first-order chi connectivity index (χ1) is 11.1. The van der Waals surface area contributed by atoms with Crippen molar-refractivity contribution in [1.82, 2.24) is 15.4 Å². The van der Waals surface area contributed by atoms with Crippen LogP contribution < -0.4 is 5.43 Å². The molecule has 7 heteroatoms. The second-order valence-corrected chi connectivity index (χ2v) is 4.99. The number of benzene rings is 1. The lowest BCUT2D eigenvalue weighted by Crippen LogP contribution is -2.32. The number of H-pyrrole nitrogens is 1. The third kappa shape index (κ3) is 5.15. The number of carboxylic acid groups (broad SMARTS) is 1. The van der Waals surface area contributed by atoms with Crippen LogP contribution in [-0.2, 0) is 16.1 Å². The normalized spacial score (nSPS) is 21.5. The Kier molecular flexibility index (Phi) is 5.76. The number of carboxylic acids is 1. The first-order valence-electron chi connectivity index (χ1n) is 7.16. The maximum atomic E-state index is 11.4. The van der Waals surface area contributed by atoms with Gasteiger partial charge in [0.05, 0.1) is 6.04 Å². The zero-order chi connectivity index (χ0) is 16.7. The minimum Gasteiger partial charge on any atom is -0.480 e. The van der Waals surface area contributed by atoms with Crippen molar-refractivity contribution >= 4 is 12.1 Å². The number of amides is 1. The average molecular weight is 317 g/mol. The Morgan fingerprint density at radius 3 is 2.35 bits per heavy atom. The van der Waals surface area contributed by atoms with Gasteiger partial charge in [-0.2, -0.15) is 5.01 Å². The number of rotatable bonds is 4. The van der Waals surface area contributed by atoms with E-state index in [1.807, 2.05) is 54.9 Å². The molecule has 7 nitrogen and oxygen atoms in total. The predicted molar refractivity (Wildman–Crippen MR) is 83.3 cm³/mol. The fourth-order valence-corrected chi connectivity index (χ4v) is 1.98. The van der Waals surface area contributed by atoms with E-state index in [-0.39, 0.29) is 12.6 Å². The van der Waals surface area contributed by atoms with Crippen LogP contribution in [0, 0.1) is 0 Å². The summed E-state index contributed by atoms with van der Waals surface area (Å²) in [5.74, 6) is -0.953. The molecular weight excluding hydrogens is 298 g/mol. The van der Waals surface area contributed by atoms with E-state index < -0.39 is 18.1 Å². The summed E-state index contributed by atoms with van der Waals surface area (Å²) >= 11 is 0. The SMILES string of the molecule is C[C@H]1[C@@H](C(=O)O)N1NC(=O)OCc1ccccc1.c1cc[nH]c1. The number of nitrogens with zero attached hydrogens (tertiary/aromatic N) is 1. The fourth-order valence-electron chi connectivity index (χ4n) is 1.98. The molecule has 1 aliphatic heterocycles. The van der Waals surface area contributed by atoms with Gasteiger partial charge in [0.1, 0.15) is 12.6 Å². The Morgan fingerprint density at radius 2 is 1.87 bits per heavy atom. The molecule has 3 atom stereocenters. The van der Waals surface area contributed by atoms with Gasteiger partial charge in [0.2, 0.25) is 0 Å². The van der Waals surface area contributed by atoms with Gasteiger partial charge in [0.15, 0.2) is 0 Å². The van der Waals surface area contributed by atoms with Gasteiger partial charge in [0.25, 0.3) is 0 Å². The topological polar surface area (TPSA) is 94.4 Å². The standard InChI is InChI=1S/C12H14N2O4.C4H5N/c1-8-10(11(15)16)14(8)13-12(17)18-7-9-5-3-2-4-6-9;1-2-4-5-3-1/h2-6,8,10H,7H2,1H3,(H,13,17)(H,15,16);1-5H/t8-,10-,14?;/m0./s1. The van der Waals surface area contributed by atoms with Crippen LogP contribution in [0.15, 0.2) is 54.9 Å². The van der Waals surface area contributed by atoms with Crippen molar-refractivity contribution in [1.29, 1.82) is 0 Å². The summed E-state index contributed by atoms with van der Waals surface area (Å²) in [6.45, 7) is 1.88. The smallest absolute Gasteiger partial charge is 0.422 e. The second-order valence-electron chi connectivity index (χ2n) is 4.99. The summed E-state index contributed by atoms with van der Waals surface area (Å²) in [6, 6.07) is 12.3. The molecule has 0 spiro atoms. The van der Waals surface area contributed by atoms with Gasteiger partial charge in [-0.05, 0) is 24.6 Å². The number of aromatic nitrogens is 1. The molecule has 1 fully saturated rings. The summed E-state index contributed by atoms with van der Waals surface area (Å²) in [7, 11) is 0. The van der Waals surface area contributed by atoms with Gasteiger partial charge in [-0.25, -0.2) is 4.79 Å². The number of hydrogen-bond donors (Lipinski definition) is 3. The molecule has 1 saturated heterocycles. The van der Waals surface area contributed by atoms with Crippen molar-refractivity contribution in [2.45, 2.75) is 25.6 Å². The molecule has 23 heavy (non-hydrogen) atoms. The highest BCUT2D eigenvalue weighted by atomic mass is 16.6. The molecule has 1 unspecified atom stereocenters. The maximum Gasteiger partial charge on any atom is 0.422 e. The lowest BCUT2D eigenvalue weighted by Gasteiger charge is -2.07. The molecule has 3 N–H and O–H groups in total. The number of aromatic amines is 1. The van der Waals surface area contributed by atoms with E-state index in [2.05, 4.69) is 10.4 Å². The Morgan fingerprint density at radius 1 is 1.22 bits per heavy atom. The lowest BCUT2D eigenvalue weighted by molar-refractivity contribution is -0.137. The summed E-state index contributed by atoms with van der Waals surface area (Å²) < 4.78 is 4.97. The summed E-state index contributed by atoms with van der Waals surface area (Å²) in [4.78, 5) is 25.0. The second kappa shape index (κ2) is 8.00. The van der Waals surface area contributed by atoms with E-state index in [1.54, 1.807) is 6.92 Å². The van der Waals surface area contributed by atoms with Crippen molar-refractivity contribution in [3.05, 3.63) is 60.4 Å². The van der Waals surface area contributed by atoms with Crippen LogP contribution in [-0.4, -0.2) is 39.2 Å². The van der Waals surface area contributed by atoms with Gasteiger partial charge < -0.3 is 14.8 Å². The first kappa shape index (κ1) is 16.6. The van der Waals surface area contributed by atoms with Gasteiger partial charge in [0, 0.05) is 12.4 Å². The molecule has 1 aromatic heterocycles. The van der Waals surface area contributed by atoms with Crippen molar-refractivity contribution in [2.75, 3.05) is 0 Å². The minimum atomic E-state index is -0.953. The molecule has 0 radical (unpaired) electrons. The molecule has 0 bridgehead atoms. The molecule has 122 valence electrons. The quantitative estimate of drug-likeness (QED) is 0.750. The number of nitrogens with one attached hydrogen (secondary N) is 2. The van der Waals surface area contributed by atoms with E-state index in [0.29, 0.717) is 0 Å². The van der Waals surface area contributed by atoms with Crippen molar-refractivity contribution in [3.63, 3.8) is 0 Å². The number of carbonyl (C=O) groups is 2. The van der Waals surface area contributed by atoms with E-state index in [9.17, 15) is 9.59 Å². The maximum absolute atomic E-state index is 11.4. The molecule has 3 rings (SSSR count). The number of carbonyl (C=O) groups excluding carboxylic acids is 1. The van der Waals surface area contributed by atoms with Crippen LogP contribution in [0.25, 0.3) is 0 Å². The van der Waals surface area contributed by atoms with Gasteiger partial charge >= 0.3 is 12.1 Å². The van der Waals surface area contributed by atoms with Gasteiger partial charge in [-0.3, -0.25) is 10.2 Å². The van der Waals surface area contributed by atoms with Gasteiger partial charge in [-0.15, -0.1) is 0 Å². The molecule has 0 aliphatic carbocycles. The third-order valence-electron chi connectivity index (χ3n) is 3.29.